The summed E-state index contributed by atoms with van der Waals surface area (Å²) in [6.45, 7) is -0.00658. The number of ether oxygens (including phenoxy) is 2. The number of anilines is 1. The van der Waals surface area contributed by atoms with E-state index in [1.54, 1.807) is 28.6 Å². The number of unbranched alkanes of at least 4 members (excludes halogenated alkanes) is 3. The fourth-order valence-electron chi connectivity index (χ4n) is 5.03. The Labute approximate surface area is 265 Å². The number of para-hydroxylation sites is 1. The molecule has 0 aliphatic carbocycles. The molecule has 1 aliphatic rings. The molecule has 4 N–H and O–H groups in total. The minimum atomic E-state index is -0.579. The van der Waals surface area contributed by atoms with Gasteiger partial charge >= 0.3 is 0 Å². The van der Waals surface area contributed by atoms with Crippen LogP contribution in [0.1, 0.15) is 74.0 Å². The average molecular weight is 636 g/mol. The molecule has 3 atom stereocenters. The van der Waals surface area contributed by atoms with Gasteiger partial charge in [0.15, 0.2) is 10.6 Å². The number of amides is 2. The van der Waals surface area contributed by atoms with Crippen molar-refractivity contribution in [2.45, 2.75) is 74.4 Å². The van der Waals surface area contributed by atoms with Crippen molar-refractivity contribution in [3.05, 3.63) is 89.5 Å². The fourth-order valence-corrected chi connectivity index (χ4v) is 7.14. The second kappa shape index (κ2) is 16.1. The van der Waals surface area contributed by atoms with Crippen LogP contribution in [0.3, 0.4) is 0 Å². The molecule has 0 radical (unpaired) electrons. The summed E-state index contributed by atoms with van der Waals surface area (Å²) in [7, 11) is 0. The molecule has 0 bridgehead atoms. The van der Waals surface area contributed by atoms with Crippen LogP contribution in [0.15, 0.2) is 77.1 Å². The van der Waals surface area contributed by atoms with Gasteiger partial charge in [0.05, 0.1) is 29.0 Å². The maximum Gasteiger partial charge on any atom is 0.243 e. The van der Waals surface area contributed by atoms with E-state index in [2.05, 4.69) is 11.4 Å². The number of benzene rings is 3. The van der Waals surface area contributed by atoms with E-state index in [-0.39, 0.29) is 37.0 Å². The lowest BCUT2D eigenvalue weighted by atomic mass is 10.0. The first kappa shape index (κ1) is 32.1. The highest BCUT2D eigenvalue weighted by atomic mass is 32.2. The van der Waals surface area contributed by atoms with Crippen LogP contribution in [0.5, 0.6) is 0 Å². The van der Waals surface area contributed by atoms with E-state index in [9.17, 15) is 14.7 Å². The summed E-state index contributed by atoms with van der Waals surface area (Å²) in [6.07, 6.45) is 3.59. The third-order valence-electron chi connectivity index (χ3n) is 7.43. The lowest BCUT2D eigenvalue weighted by Crippen LogP contribution is -2.31. The van der Waals surface area contributed by atoms with Crippen molar-refractivity contribution in [1.82, 2.24) is 10.5 Å². The van der Waals surface area contributed by atoms with E-state index < -0.39 is 6.29 Å². The van der Waals surface area contributed by atoms with Crippen molar-refractivity contribution in [3.63, 3.8) is 0 Å². The number of carbonyl (C=O) groups is 2. The molecule has 2 amide bonds. The van der Waals surface area contributed by atoms with Crippen LogP contribution in [0, 0.1) is 0 Å². The fraction of sp³-hybridized carbons (Fsp3) is 0.364. The van der Waals surface area contributed by atoms with Crippen molar-refractivity contribution < 1.29 is 29.4 Å². The zero-order valence-electron chi connectivity index (χ0n) is 24.3. The van der Waals surface area contributed by atoms with Gasteiger partial charge in [0.2, 0.25) is 11.8 Å². The summed E-state index contributed by atoms with van der Waals surface area (Å²) in [5.41, 5.74) is 6.08. The molecule has 0 spiro atoms. The third-order valence-corrected chi connectivity index (χ3v) is 9.74. The van der Waals surface area contributed by atoms with Crippen molar-refractivity contribution in [2.75, 3.05) is 11.1 Å². The van der Waals surface area contributed by atoms with Gasteiger partial charge < -0.3 is 19.9 Å². The van der Waals surface area contributed by atoms with Crippen LogP contribution in [-0.2, 0) is 25.7 Å². The predicted molar refractivity (Wildman–Crippen MR) is 171 cm³/mol. The number of hydrogen-bond donors (Lipinski definition) is 4. The maximum atomic E-state index is 12.4. The molecule has 3 aromatic carbocycles. The van der Waals surface area contributed by atoms with E-state index in [0.29, 0.717) is 24.9 Å². The molecule has 1 aromatic heterocycles. The van der Waals surface area contributed by atoms with Gasteiger partial charge in [-0.15, -0.1) is 11.3 Å². The molecule has 1 saturated heterocycles. The number of aliphatic hydroxyl groups is 1. The molecule has 232 valence electrons. The zero-order valence-corrected chi connectivity index (χ0v) is 25.9. The number of thiazole rings is 1. The van der Waals surface area contributed by atoms with Gasteiger partial charge in [-0.1, -0.05) is 73.1 Å². The summed E-state index contributed by atoms with van der Waals surface area (Å²) in [4.78, 5) is 28.3. The number of hydroxylamine groups is 1. The molecule has 2 heterocycles. The Bertz CT molecular complexity index is 1480. The highest BCUT2D eigenvalue weighted by Crippen LogP contribution is 2.40. The Balaban J connectivity index is 1.18. The first-order chi connectivity index (χ1) is 21.5. The van der Waals surface area contributed by atoms with Crippen molar-refractivity contribution in [2.24, 2.45) is 0 Å². The molecule has 1 fully saturated rings. The summed E-state index contributed by atoms with van der Waals surface area (Å²) >= 11 is 3.38. The number of thioether (sulfide) groups is 1. The van der Waals surface area contributed by atoms with E-state index in [1.807, 2.05) is 66.7 Å². The van der Waals surface area contributed by atoms with Gasteiger partial charge in [-0.05, 0) is 48.2 Å². The summed E-state index contributed by atoms with van der Waals surface area (Å²) < 4.78 is 15.1. The monoisotopic (exact) mass is 635 g/mol. The Morgan fingerprint density at radius 3 is 2.30 bits per heavy atom. The Hall–Kier alpha value is -3.32. The number of nitrogens with one attached hydrogen (secondary N) is 2. The maximum absolute atomic E-state index is 12.4. The van der Waals surface area contributed by atoms with E-state index >= 15 is 0 Å². The topological polar surface area (TPSA) is 130 Å². The normalized spacial score (nSPS) is 18.3. The zero-order chi connectivity index (χ0) is 30.7. The van der Waals surface area contributed by atoms with Gasteiger partial charge in [-0.25, -0.2) is 10.5 Å². The quantitative estimate of drug-likeness (QED) is 0.0509. The van der Waals surface area contributed by atoms with Crippen LogP contribution in [-0.4, -0.2) is 39.0 Å². The number of rotatable bonds is 14. The second-order valence-corrected chi connectivity index (χ2v) is 13.0. The summed E-state index contributed by atoms with van der Waals surface area (Å²) in [6, 6.07) is 23.5. The number of aliphatic hydroxyl groups excluding tert-OH is 1. The number of fused-ring (bicyclic) bond motifs is 1. The van der Waals surface area contributed by atoms with Crippen molar-refractivity contribution in [1.29, 1.82) is 0 Å². The Kier molecular flexibility index (Phi) is 11.8. The number of hydrogen-bond acceptors (Lipinski definition) is 9. The molecular weight excluding hydrogens is 599 g/mol. The van der Waals surface area contributed by atoms with Crippen LogP contribution < -0.4 is 10.8 Å². The van der Waals surface area contributed by atoms with Crippen LogP contribution in [0.2, 0.25) is 0 Å². The number of nitrogens with zero attached hydrogens (tertiary/aromatic N) is 1. The average Bonchev–Trinajstić information content (AvgIpc) is 3.48. The summed E-state index contributed by atoms with van der Waals surface area (Å²) in [5.74, 6) is 0.281. The standard InChI is InChI=1S/C33H37N3O6S2/c37-20-22-11-13-23(14-12-22)28-19-26(21-43-33-35-27-7-5-6-8-29(27)44-33)41-32(42-28)24-15-17-25(18-16-24)34-30(38)9-3-1-2-4-10-31(39)36-40/h5-8,11-18,26,28,32,37,40H,1-4,9-10,19-21H2,(H,34,38)(H,36,39). The summed E-state index contributed by atoms with van der Waals surface area (Å²) in [5, 5.41) is 21.0. The highest BCUT2D eigenvalue weighted by molar-refractivity contribution is 8.01. The van der Waals surface area contributed by atoms with Gasteiger partial charge in [0, 0.05) is 36.3 Å². The minimum absolute atomic E-state index is 0.00658. The molecule has 3 unspecified atom stereocenters. The van der Waals surface area contributed by atoms with Gasteiger partial charge in [-0.2, -0.15) is 0 Å². The smallest absolute Gasteiger partial charge is 0.243 e. The Morgan fingerprint density at radius 1 is 0.886 bits per heavy atom. The van der Waals surface area contributed by atoms with Crippen molar-refractivity contribution >= 4 is 50.8 Å². The molecule has 9 nitrogen and oxygen atoms in total. The van der Waals surface area contributed by atoms with Gasteiger partial charge in [0.1, 0.15) is 0 Å². The van der Waals surface area contributed by atoms with Crippen LogP contribution in [0.25, 0.3) is 10.2 Å². The molecular formula is C33H37N3O6S2. The van der Waals surface area contributed by atoms with Gasteiger partial charge in [-0.3, -0.25) is 14.8 Å². The van der Waals surface area contributed by atoms with Gasteiger partial charge in [0.25, 0.3) is 0 Å². The molecule has 11 heteroatoms. The molecule has 4 aromatic rings. The lowest BCUT2D eigenvalue weighted by Gasteiger charge is -2.36. The number of aromatic nitrogens is 1. The number of carbonyl (C=O) groups excluding carboxylic acids is 2. The molecule has 44 heavy (non-hydrogen) atoms. The SMILES string of the molecule is O=C(CCCCCCC(=O)Nc1ccc(C2OC(CSc3nc4ccccc4s3)CC(c3ccc(CO)cc3)O2)cc1)NO. The van der Waals surface area contributed by atoms with Crippen LogP contribution in [0.4, 0.5) is 5.69 Å². The Morgan fingerprint density at radius 2 is 1.59 bits per heavy atom. The molecule has 0 saturated carbocycles. The first-order valence-corrected chi connectivity index (χ1v) is 16.6. The predicted octanol–water partition coefficient (Wildman–Crippen LogP) is 6.91. The third kappa shape index (κ3) is 9.10. The largest absolute Gasteiger partial charge is 0.392 e. The van der Waals surface area contributed by atoms with E-state index in [0.717, 1.165) is 51.6 Å². The lowest BCUT2D eigenvalue weighted by molar-refractivity contribution is -0.245. The van der Waals surface area contributed by atoms with E-state index in [1.165, 1.54) is 4.70 Å². The van der Waals surface area contributed by atoms with Crippen molar-refractivity contribution in [3.8, 4) is 0 Å². The highest BCUT2D eigenvalue weighted by Gasteiger charge is 2.32. The first-order valence-electron chi connectivity index (χ1n) is 14.8. The minimum Gasteiger partial charge on any atom is -0.392 e. The second-order valence-electron chi connectivity index (χ2n) is 10.7. The molecule has 5 rings (SSSR count). The van der Waals surface area contributed by atoms with E-state index in [4.69, 9.17) is 19.7 Å². The van der Waals surface area contributed by atoms with Crippen LogP contribution >= 0.6 is 23.1 Å². The molecule has 1 aliphatic heterocycles.